The molecule has 1 fully saturated rings. The first-order valence-electron chi connectivity index (χ1n) is 7.03. The van der Waals surface area contributed by atoms with Crippen LogP contribution in [0.5, 0.6) is 0 Å². The molecule has 3 N–H and O–H groups in total. The van der Waals surface area contributed by atoms with Crippen LogP contribution in [0, 0.1) is 5.92 Å². The lowest BCUT2D eigenvalue weighted by Crippen LogP contribution is -2.34. The number of rotatable bonds is 7. The van der Waals surface area contributed by atoms with E-state index >= 15 is 0 Å². The molecule has 1 aromatic carbocycles. The summed E-state index contributed by atoms with van der Waals surface area (Å²) >= 11 is 0. The Labute approximate surface area is 121 Å². The summed E-state index contributed by atoms with van der Waals surface area (Å²) in [6, 6.07) is 6.76. The van der Waals surface area contributed by atoms with Gasteiger partial charge in [-0.05, 0) is 49.4 Å². The maximum absolute atomic E-state index is 12.7. The Morgan fingerprint density at radius 1 is 1.30 bits per heavy atom. The fourth-order valence-corrected chi connectivity index (χ4v) is 3.81. The summed E-state index contributed by atoms with van der Waals surface area (Å²) in [7, 11) is -3.39. The maximum atomic E-state index is 12.7. The zero-order chi connectivity index (χ0) is 14.8. The van der Waals surface area contributed by atoms with Crippen molar-refractivity contribution in [3.05, 3.63) is 24.3 Å². The third-order valence-corrected chi connectivity index (χ3v) is 5.47. The number of anilines is 1. The number of hydrogen-bond donors (Lipinski definition) is 2. The van der Waals surface area contributed by atoms with Crippen LogP contribution < -0.4 is 11.3 Å². The van der Waals surface area contributed by atoms with Crippen molar-refractivity contribution in [1.82, 2.24) is 4.31 Å². The molecule has 0 spiro atoms. The van der Waals surface area contributed by atoms with Crippen LogP contribution in [0.4, 0.5) is 5.69 Å². The van der Waals surface area contributed by atoms with Crippen molar-refractivity contribution in [2.75, 3.05) is 12.0 Å². The molecular weight excluding hydrogens is 274 g/mol. The van der Waals surface area contributed by atoms with Gasteiger partial charge in [0.05, 0.1) is 4.90 Å². The molecule has 0 atom stereocenters. The molecule has 5 nitrogen and oxygen atoms in total. The van der Waals surface area contributed by atoms with Crippen molar-refractivity contribution in [3.63, 3.8) is 0 Å². The highest BCUT2D eigenvalue weighted by atomic mass is 32.2. The molecule has 1 aliphatic carbocycles. The van der Waals surface area contributed by atoms with Gasteiger partial charge in [0.25, 0.3) is 0 Å². The number of nitrogens with two attached hydrogens (primary N) is 1. The summed E-state index contributed by atoms with van der Waals surface area (Å²) < 4.78 is 27.1. The molecule has 0 unspecified atom stereocenters. The van der Waals surface area contributed by atoms with Crippen LogP contribution in [0.25, 0.3) is 0 Å². The molecule has 0 aliphatic heterocycles. The first-order valence-corrected chi connectivity index (χ1v) is 8.47. The number of sulfonamides is 1. The minimum Gasteiger partial charge on any atom is -0.324 e. The van der Waals surface area contributed by atoms with Gasteiger partial charge in [-0.1, -0.05) is 13.8 Å². The van der Waals surface area contributed by atoms with E-state index in [0.29, 0.717) is 23.0 Å². The second kappa shape index (κ2) is 6.11. The average molecular weight is 297 g/mol. The van der Waals surface area contributed by atoms with Gasteiger partial charge in [0.1, 0.15) is 0 Å². The van der Waals surface area contributed by atoms with Crippen LogP contribution in [0.15, 0.2) is 29.2 Å². The van der Waals surface area contributed by atoms with E-state index < -0.39 is 10.0 Å². The number of benzene rings is 1. The molecule has 1 aliphatic rings. The molecule has 1 saturated carbocycles. The zero-order valence-electron chi connectivity index (χ0n) is 12.0. The van der Waals surface area contributed by atoms with Gasteiger partial charge >= 0.3 is 0 Å². The van der Waals surface area contributed by atoms with E-state index in [-0.39, 0.29) is 6.04 Å². The molecule has 1 aromatic rings. The normalized spacial score (nSPS) is 15.8. The van der Waals surface area contributed by atoms with Gasteiger partial charge in [-0.3, -0.25) is 5.84 Å². The van der Waals surface area contributed by atoms with Crippen LogP contribution >= 0.6 is 0 Å². The molecule has 20 heavy (non-hydrogen) atoms. The highest BCUT2D eigenvalue weighted by Crippen LogP contribution is 2.32. The summed E-state index contributed by atoms with van der Waals surface area (Å²) in [5, 5.41) is 0. The summed E-state index contributed by atoms with van der Waals surface area (Å²) in [6.45, 7) is 4.82. The van der Waals surface area contributed by atoms with E-state index in [1.165, 1.54) is 0 Å². The number of nitrogens with zero attached hydrogens (tertiary/aromatic N) is 1. The molecule has 0 amide bonds. The quantitative estimate of drug-likeness (QED) is 0.597. The fraction of sp³-hybridized carbons (Fsp3) is 0.571. The van der Waals surface area contributed by atoms with Gasteiger partial charge in [-0.2, -0.15) is 4.31 Å². The molecule has 0 heterocycles. The molecule has 2 rings (SSSR count). The van der Waals surface area contributed by atoms with Gasteiger partial charge < -0.3 is 5.43 Å². The second-order valence-electron chi connectivity index (χ2n) is 5.70. The van der Waals surface area contributed by atoms with Gasteiger partial charge in [-0.25, -0.2) is 8.42 Å². The minimum absolute atomic E-state index is 0.186. The Bertz CT molecular complexity index is 536. The molecule has 0 saturated heterocycles. The molecular formula is C14H23N3O2S. The lowest BCUT2D eigenvalue weighted by Gasteiger charge is -2.23. The highest BCUT2D eigenvalue weighted by molar-refractivity contribution is 7.89. The smallest absolute Gasteiger partial charge is 0.243 e. The van der Waals surface area contributed by atoms with E-state index in [4.69, 9.17) is 5.84 Å². The number of hydrogen-bond acceptors (Lipinski definition) is 4. The highest BCUT2D eigenvalue weighted by Gasteiger charge is 2.37. The third-order valence-electron chi connectivity index (χ3n) is 3.51. The Hall–Kier alpha value is -1.11. The predicted molar refractivity (Wildman–Crippen MR) is 80.6 cm³/mol. The number of hydrazine groups is 1. The van der Waals surface area contributed by atoms with E-state index in [2.05, 4.69) is 19.3 Å². The van der Waals surface area contributed by atoms with E-state index in [1.54, 1.807) is 28.6 Å². The molecule has 112 valence electrons. The van der Waals surface area contributed by atoms with Gasteiger partial charge in [0.2, 0.25) is 10.0 Å². The lowest BCUT2D eigenvalue weighted by molar-refractivity contribution is 0.373. The van der Waals surface area contributed by atoms with E-state index in [0.717, 1.165) is 19.3 Å². The van der Waals surface area contributed by atoms with E-state index in [9.17, 15) is 8.42 Å². The molecule has 6 heteroatoms. The van der Waals surface area contributed by atoms with Crippen molar-refractivity contribution in [3.8, 4) is 0 Å². The monoisotopic (exact) mass is 297 g/mol. The minimum atomic E-state index is -3.39. The van der Waals surface area contributed by atoms with Crippen molar-refractivity contribution < 1.29 is 8.42 Å². The molecule has 0 bridgehead atoms. The van der Waals surface area contributed by atoms with Crippen LogP contribution in [-0.2, 0) is 10.0 Å². The van der Waals surface area contributed by atoms with Gasteiger partial charge in [0, 0.05) is 18.3 Å². The lowest BCUT2D eigenvalue weighted by atomic mass is 10.1. The molecule has 0 radical (unpaired) electrons. The van der Waals surface area contributed by atoms with Crippen molar-refractivity contribution in [1.29, 1.82) is 0 Å². The maximum Gasteiger partial charge on any atom is 0.243 e. The van der Waals surface area contributed by atoms with Crippen molar-refractivity contribution in [2.24, 2.45) is 11.8 Å². The fourth-order valence-electron chi connectivity index (χ4n) is 2.11. The summed E-state index contributed by atoms with van der Waals surface area (Å²) in [5.41, 5.74) is 3.20. The Morgan fingerprint density at radius 2 is 1.90 bits per heavy atom. The summed E-state index contributed by atoms with van der Waals surface area (Å²) in [4.78, 5) is 0.340. The SMILES string of the molecule is CC(C)CCN(C1CC1)S(=O)(=O)c1ccc(NN)cc1. The Balaban J connectivity index is 2.20. The van der Waals surface area contributed by atoms with Crippen molar-refractivity contribution in [2.45, 2.75) is 44.0 Å². The standard InChI is InChI=1S/C14H23N3O2S/c1-11(2)9-10-17(13-5-6-13)20(18,19)14-7-3-12(16-15)4-8-14/h3-4,7-8,11,13,16H,5-6,9-10,15H2,1-2H3. The average Bonchev–Trinajstić information content (AvgIpc) is 3.23. The summed E-state index contributed by atoms with van der Waals surface area (Å²) in [6.07, 6.45) is 2.83. The summed E-state index contributed by atoms with van der Waals surface area (Å²) in [5.74, 6) is 5.79. The van der Waals surface area contributed by atoms with Gasteiger partial charge in [0.15, 0.2) is 0 Å². The van der Waals surface area contributed by atoms with Crippen LogP contribution in [0.3, 0.4) is 0 Å². The third kappa shape index (κ3) is 3.50. The zero-order valence-corrected chi connectivity index (χ0v) is 12.9. The largest absolute Gasteiger partial charge is 0.324 e. The first kappa shape index (κ1) is 15.3. The van der Waals surface area contributed by atoms with Crippen LogP contribution in [0.1, 0.15) is 33.1 Å². The topological polar surface area (TPSA) is 75.4 Å². The predicted octanol–water partition coefficient (Wildman–Crippen LogP) is 2.17. The Kier molecular flexibility index (Phi) is 4.67. The first-order chi connectivity index (χ1) is 9.45. The van der Waals surface area contributed by atoms with Crippen molar-refractivity contribution >= 4 is 15.7 Å². The van der Waals surface area contributed by atoms with Crippen LogP contribution in [-0.4, -0.2) is 25.3 Å². The van der Waals surface area contributed by atoms with Crippen LogP contribution in [0.2, 0.25) is 0 Å². The molecule has 0 aromatic heterocycles. The number of nitrogen functional groups attached to an aromatic ring is 1. The second-order valence-corrected chi connectivity index (χ2v) is 7.59. The number of nitrogens with one attached hydrogen (secondary N) is 1. The van der Waals surface area contributed by atoms with E-state index in [1.807, 2.05) is 0 Å². The van der Waals surface area contributed by atoms with Gasteiger partial charge in [-0.15, -0.1) is 0 Å². The Morgan fingerprint density at radius 3 is 2.35 bits per heavy atom.